The summed E-state index contributed by atoms with van der Waals surface area (Å²) in [5.41, 5.74) is 7.66. The minimum atomic E-state index is -5.08. The van der Waals surface area contributed by atoms with Gasteiger partial charge in [0.1, 0.15) is 18.1 Å². The molecule has 1 saturated heterocycles. The molecule has 4 atom stereocenters. The van der Waals surface area contributed by atoms with Gasteiger partial charge in [-0.2, -0.15) is 13.2 Å². The molecule has 2 aromatic carbocycles. The summed E-state index contributed by atoms with van der Waals surface area (Å²) in [7, 11) is 0. The highest BCUT2D eigenvalue weighted by Gasteiger charge is 2.39. The molecule has 4 rings (SSSR count). The fraction of sp³-hybridized carbons (Fsp3) is 0.512. The highest BCUT2D eigenvalue weighted by Crippen LogP contribution is 2.32. The van der Waals surface area contributed by atoms with Crippen molar-refractivity contribution in [2.75, 3.05) is 31.5 Å². The van der Waals surface area contributed by atoms with Gasteiger partial charge in [0.25, 0.3) is 0 Å². The van der Waals surface area contributed by atoms with Crippen molar-refractivity contribution in [2.45, 2.75) is 97.1 Å². The Kier molecular flexibility index (Phi) is 17.7. The van der Waals surface area contributed by atoms with Gasteiger partial charge >= 0.3 is 12.1 Å². The van der Waals surface area contributed by atoms with Gasteiger partial charge in [-0.15, -0.1) is 0 Å². The summed E-state index contributed by atoms with van der Waals surface area (Å²) >= 11 is 0. The van der Waals surface area contributed by atoms with Crippen LogP contribution in [-0.4, -0.2) is 114 Å². The van der Waals surface area contributed by atoms with Gasteiger partial charge in [-0.1, -0.05) is 64.1 Å². The number of nitrogens with two attached hydrogens (primary N) is 1. The predicted octanol–water partition coefficient (Wildman–Crippen LogP) is 2.53. The zero-order valence-corrected chi connectivity index (χ0v) is 34.2. The number of carbonyl (C=O) groups is 8. The number of carboxylic acid groups (broad SMARTS) is 1. The van der Waals surface area contributed by atoms with E-state index in [1.165, 1.54) is 11.8 Å². The van der Waals surface area contributed by atoms with Gasteiger partial charge in [-0.3, -0.25) is 33.6 Å². The molecule has 1 heterocycles. The Morgan fingerprint density at radius 1 is 0.800 bits per heavy atom. The molecule has 2 aliphatic rings. The Balaban J connectivity index is 0.00000126. The smallest absolute Gasteiger partial charge is 0.475 e. The minimum Gasteiger partial charge on any atom is -0.475 e. The molecule has 1 aliphatic heterocycles. The number of hydrogen-bond donors (Lipinski definition) is 7. The summed E-state index contributed by atoms with van der Waals surface area (Å²) in [6, 6.07) is 8.64. The average Bonchev–Trinajstić information content (AvgIpc) is 3.68. The third-order valence-corrected chi connectivity index (χ3v) is 9.52. The number of rotatable bonds is 17. The van der Waals surface area contributed by atoms with E-state index in [0.717, 1.165) is 0 Å². The lowest BCUT2D eigenvalue weighted by molar-refractivity contribution is -0.192. The van der Waals surface area contributed by atoms with Crippen LogP contribution in [0.25, 0.3) is 0 Å². The van der Waals surface area contributed by atoms with Gasteiger partial charge in [0.15, 0.2) is 11.6 Å². The van der Waals surface area contributed by atoms with Crippen molar-refractivity contribution < 1.29 is 56.6 Å². The molecule has 2 aromatic rings. The number of alkyl halides is 3. The van der Waals surface area contributed by atoms with Crippen molar-refractivity contribution in [3.63, 3.8) is 0 Å². The number of carboxylic acids is 1. The van der Waals surface area contributed by atoms with E-state index < -0.39 is 60.6 Å². The van der Waals surface area contributed by atoms with Crippen molar-refractivity contribution in [2.24, 2.45) is 17.6 Å². The molecule has 0 saturated carbocycles. The van der Waals surface area contributed by atoms with E-state index in [2.05, 4.69) is 26.6 Å². The van der Waals surface area contributed by atoms with E-state index >= 15 is 0 Å². The highest BCUT2D eigenvalue weighted by molar-refractivity contribution is 6.30. The van der Waals surface area contributed by atoms with Crippen LogP contribution >= 0.6 is 0 Å². The largest absolute Gasteiger partial charge is 0.490 e. The second-order valence-corrected chi connectivity index (χ2v) is 15.4. The number of aliphatic carboxylic acids is 1. The monoisotopic (exact) mass is 845 g/mol. The quantitative estimate of drug-likeness (QED) is 0.0974. The summed E-state index contributed by atoms with van der Waals surface area (Å²) in [6.07, 6.45) is -2.78. The van der Waals surface area contributed by atoms with Gasteiger partial charge in [-0.25, -0.2) is 4.79 Å². The molecular weight excluding hydrogens is 791 g/mol. The zero-order valence-electron chi connectivity index (χ0n) is 34.2. The van der Waals surface area contributed by atoms with Crippen LogP contribution in [0.2, 0.25) is 0 Å². The fourth-order valence-electron chi connectivity index (χ4n) is 6.67. The van der Waals surface area contributed by atoms with Crippen LogP contribution < -0.4 is 32.3 Å². The predicted molar refractivity (Wildman–Crippen MR) is 214 cm³/mol. The first-order chi connectivity index (χ1) is 28.1. The molecule has 19 heteroatoms. The van der Waals surface area contributed by atoms with Gasteiger partial charge in [0.2, 0.25) is 29.5 Å². The molecule has 0 radical (unpaired) electrons. The number of fused-ring (bicyclic) bond motifs is 2. The van der Waals surface area contributed by atoms with Crippen LogP contribution in [0.15, 0.2) is 42.5 Å². The number of nitrogens with zero attached hydrogens (tertiary/aromatic N) is 1. The van der Waals surface area contributed by atoms with E-state index in [1.54, 1.807) is 42.5 Å². The number of halogens is 3. The van der Waals surface area contributed by atoms with Crippen molar-refractivity contribution in [1.29, 1.82) is 0 Å². The van der Waals surface area contributed by atoms with E-state index in [0.29, 0.717) is 79.7 Å². The Morgan fingerprint density at radius 3 is 1.97 bits per heavy atom. The summed E-state index contributed by atoms with van der Waals surface area (Å²) in [5, 5.41) is 21.2. The molecule has 328 valence electrons. The molecule has 0 aromatic heterocycles. The Bertz CT molecular complexity index is 1920. The normalized spacial score (nSPS) is 16.1. The van der Waals surface area contributed by atoms with E-state index in [4.69, 9.17) is 15.6 Å². The Labute approximate surface area is 345 Å². The third kappa shape index (κ3) is 13.6. The Hall–Kier alpha value is -5.85. The molecule has 5 amide bonds. The summed E-state index contributed by atoms with van der Waals surface area (Å²) in [4.78, 5) is 102. The zero-order chi connectivity index (χ0) is 44.9. The van der Waals surface area contributed by atoms with Crippen LogP contribution in [0.5, 0.6) is 0 Å². The molecule has 16 nitrogen and oxygen atoms in total. The van der Waals surface area contributed by atoms with Crippen LogP contribution in [0, 0.1) is 11.8 Å². The molecule has 0 spiro atoms. The number of amides is 5. The maximum Gasteiger partial charge on any atom is 0.490 e. The number of carbonyl (C=O) groups excluding carboxylic acids is 7. The maximum absolute atomic E-state index is 13.8. The third-order valence-electron chi connectivity index (χ3n) is 9.52. The minimum absolute atomic E-state index is 0.0449. The Morgan fingerprint density at radius 2 is 1.38 bits per heavy atom. The lowest BCUT2D eigenvalue weighted by atomic mass is 9.83. The van der Waals surface area contributed by atoms with Crippen LogP contribution in [-0.2, 0) is 28.8 Å². The molecule has 60 heavy (non-hydrogen) atoms. The SMILES string of the molecule is CC(C)C[C@H](NC(=O)[C@H](C)N)C(=O)NCC(=O)N[C@@H](CC(C)C)C(=O)N1CCC[C@H]1C(=O)NCCCNc1cccc2c1C(=O)c1ccccc1C2=O.O=C(O)C(F)(F)F. The van der Waals surface area contributed by atoms with Gasteiger partial charge in [0, 0.05) is 42.0 Å². The summed E-state index contributed by atoms with van der Waals surface area (Å²) in [6.45, 7) is 9.86. The number of benzene rings is 2. The number of nitrogens with one attached hydrogen (secondary N) is 5. The van der Waals surface area contributed by atoms with E-state index in [-0.39, 0.29) is 35.2 Å². The van der Waals surface area contributed by atoms with E-state index in [1.807, 2.05) is 27.7 Å². The lowest BCUT2D eigenvalue weighted by Gasteiger charge is -2.29. The number of anilines is 1. The van der Waals surface area contributed by atoms with Crippen LogP contribution in [0.3, 0.4) is 0 Å². The number of ketones is 2. The van der Waals surface area contributed by atoms with Crippen molar-refractivity contribution in [3.8, 4) is 0 Å². The first-order valence-corrected chi connectivity index (χ1v) is 19.7. The van der Waals surface area contributed by atoms with Gasteiger partial charge in [-0.05, 0) is 56.9 Å². The topological polar surface area (TPSA) is 246 Å². The van der Waals surface area contributed by atoms with Gasteiger partial charge < -0.3 is 42.3 Å². The first kappa shape index (κ1) is 48.5. The van der Waals surface area contributed by atoms with Crippen LogP contribution in [0.1, 0.15) is 98.6 Å². The molecule has 1 aliphatic carbocycles. The highest BCUT2D eigenvalue weighted by atomic mass is 19.4. The van der Waals surface area contributed by atoms with Gasteiger partial charge in [0.05, 0.1) is 18.2 Å². The fourth-order valence-corrected chi connectivity index (χ4v) is 6.67. The molecule has 0 unspecified atom stereocenters. The second-order valence-electron chi connectivity index (χ2n) is 15.4. The summed E-state index contributed by atoms with van der Waals surface area (Å²) < 4.78 is 31.7. The van der Waals surface area contributed by atoms with Crippen molar-refractivity contribution in [3.05, 3.63) is 64.7 Å². The average molecular weight is 846 g/mol. The molecule has 0 bridgehead atoms. The lowest BCUT2D eigenvalue weighted by Crippen LogP contribution is -2.56. The van der Waals surface area contributed by atoms with Crippen molar-refractivity contribution in [1.82, 2.24) is 26.2 Å². The van der Waals surface area contributed by atoms with Crippen molar-refractivity contribution >= 4 is 52.8 Å². The molecular formula is C41H54F3N7O9. The van der Waals surface area contributed by atoms with Crippen LogP contribution in [0.4, 0.5) is 18.9 Å². The van der Waals surface area contributed by atoms with E-state index in [9.17, 15) is 46.7 Å². The summed E-state index contributed by atoms with van der Waals surface area (Å²) in [5.74, 6) is -5.27. The molecule has 8 N–H and O–H groups in total. The second kappa shape index (κ2) is 22.0. The molecule has 1 fully saturated rings. The number of hydrogen-bond acceptors (Lipinski definition) is 10. The maximum atomic E-state index is 13.8. The first-order valence-electron chi connectivity index (χ1n) is 19.7. The number of likely N-dealkylation sites (tertiary alicyclic amines) is 1. The standard InChI is InChI=1S/C39H53N7O7.C2HF3O2/c1-22(2)19-29(45-36(50)24(5)40)37(51)43-21-32(47)44-30(20-23(3)4)39(53)46-18-9-15-31(46)38(52)42-17-10-16-41-28-14-8-13-27-33(28)35(49)26-12-7-6-11-25(26)34(27)48;3-2(4,5)1(6)7/h6-8,11-14,22-24,29-31,41H,9-10,15-21,40H2,1-5H3,(H,42,52)(H,43,51)(H,44,47)(H,45,50);(H,6,7)/t24-,29-,30-,31-;/m0./s1.